The summed E-state index contributed by atoms with van der Waals surface area (Å²) in [5.41, 5.74) is 0.634. The number of halogens is 3. The highest BCUT2D eigenvalue weighted by Crippen LogP contribution is 2.69. The molecule has 0 aromatic heterocycles. The Morgan fingerprint density at radius 2 is 1.94 bits per heavy atom. The van der Waals surface area contributed by atoms with Crippen LogP contribution >= 0.6 is 23.2 Å². The van der Waals surface area contributed by atoms with E-state index in [-0.39, 0.29) is 46.1 Å². The smallest absolute Gasteiger partial charge is 0.258 e. The van der Waals surface area contributed by atoms with Gasteiger partial charge in [0.25, 0.3) is 5.91 Å². The van der Waals surface area contributed by atoms with Crippen LogP contribution in [0.5, 0.6) is 11.5 Å². The molecule has 3 aliphatic carbocycles. The Morgan fingerprint density at radius 1 is 1.18 bits per heavy atom. The van der Waals surface area contributed by atoms with E-state index in [1.54, 1.807) is 6.07 Å². The molecule has 180 valence electrons. The summed E-state index contributed by atoms with van der Waals surface area (Å²) in [7, 11) is 1.86. The molecular weight excluding hydrogens is 482 g/mol. The van der Waals surface area contributed by atoms with Crippen molar-refractivity contribution in [2.75, 3.05) is 13.7 Å². The van der Waals surface area contributed by atoms with Crippen molar-refractivity contribution in [3.8, 4) is 11.5 Å². The third-order valence-corrected chi connectivity index (χ3v) is 7.67. The van der Waals surface area contributed by atoms with E-state index < -0.39 is 11.9 Å². The number of amides is 1. The van der Waals surface area contributed by atoms with Gasteiger partial charge in [0.1, 0.15) is 17.3 Å². The van der Waals surface area contributed by atoms with Crippen LogP contribution in [0.15, 0.2) is 36.4 Å². The van der Waals surface area contributed by atoms with E-state index in [2.05, 4.69) is 10.6 Å². The average Bonchev–Trinajstić information content (AvgIpc) is 2.76. The Kier molecular flexibility index (Phi) is 5.99. The molecule has 1 heterocycles. The van der Waals surface area contributed by atoms with Crippen molar-refractivity contribution < 1.29 is 23.5 Å². The first-order chi connectivity index (χ1) is 16.2. The molecule has 2 aromatic carbocycles. The zero-order valence-corrected chi connectivity index (χ0v) is 20.1. The van der Waals surface area contributed by atoms with Gasteiger partial charge in [0.2, 0.25) is 0 Å². The lowest BCUT2D eigenvalue weighted by Crippen LogP contribution is -2.75. The molecule has 34 heavy (non-hydrogen) atoms. The van der Waals surface area contributed by atoms with E-state index in [0.717, 1.165) is 30.9 Å². The normalized spacial score (nSPS) is 28.6. The molecule has 3 fully saturated rings. The van der Waals surface area contributed by atoms with Crippen LogP contribution in [0.2, 0.25) is 10.0 Å². The fourth-order valence-corrected chi connectivity index (χ4v) is 6.06. The van der Waals surface area contributed by atoms with E-state index in [9.17, 15) is 14.0 Å². The maximum atomic E-state index is 13.5. The molecular formula is C25H25Cl2FN2O4. The number of ether oxygens (including phenoxy) is 2. The summed E-state index contributed by atoms with van der Waals surface area (Å²) in [6.07, 6.45) is 2.79. The highest BCUT2D eigenvalue weighted by molar-refractivity contribution is 6.31. The minimum absolute atomic E-state index is 0.000718. The summed E-state index contributed by atoms with van der Waals surface area (Å²) < 4.78 is 24.9. The molecule has 1 amide bonds. The van der Waals surface area contributed by atoms with Gasteiger partial charge in [-0.05, 0) is 62.1 Å². The molecule has 1 aliphatic heterocycles. The lowest BCUT2D eigenvalue weighted by Gasteiger charge is -2.70. The summed E-state index contributed by atoms with van der Waals surface area (Å²) in [5, 5.41) is 6.91. The van der Waals surface area contributed by atoms with E-state index in [1.165, 1.54) is 12.1 Å². The Bertz CT molecular complexity index is 1140. The summed E-state index contributed by atoms with van der Waals surface area (Å²) >= 11 is 11.8. The van der Waals surface area contributed by atoms with Gasteiger partial charge in [-0.15, -0.1) is 0 Å². The van der Waals surface area contributed by atoms with E-state index >= 15 is 0 Å². The molecule has 2 N–H and O–H groups in total. The van der Waals surface area contributed by atoms with Gasteiger partial charge in [-0.2, -0.15) is 0 Å². The van der Waals surface area contributed by atoms with Gasteiger partial charge >= 0.3 is 0 Å². The second-order valence-electron chi connectivity index (χ2n) is 9.73. The topological polar surface area (TPSA) is 76.7 Å². The molecule has 6 rings (SSSR count). The Labute approximate surface area is 207 Å². The molecule has 9 heteroatoms. The molecule has 0 spiro atoms. The van der Waals surface area contributed by atoms with Crippen molar-refractivity contribution in [2.45, 2.75) is 49.8 Å². The summed E-state index contributed by atoms with van der Waals surface area (Å²) in [5.74, 6) is 0.162. The number of rotatable bonds is 8. The quantitative estimate of drug-likeness (QED) is 0.546. The summed E-state index contributed by atoms with van der Waals surface area (Å²) in [4.78, 5) is 25.4. The predicted molar refractivity (Wildman–Crippen MR) is 126 cm³/mol. The minimum atomic E-state index is -0.596. The molecule has 3 saturated carbocycles. The number of nitrogens with one attached hydrogen (secondary N) is 2. The Morgan fingerprint density at radius 3 is 2.65 bits per heavy atom. The van der Waals surface area contributed by atoms with Crippen molar-refractivity contribution in [1.82, 2.24) is 10.6 Å². The zero-order chi connectivity index (χ0) is 24.1. The lowest BCUT2D eigenvalue weighted by molar-refractivity contribution is -0.175. The van der Waals surface area contributed by atoms with Crippen LogP contribution in [-0.4, -0.2) is 37.0 Å². The van der Waals surface area contributed by atoms with Crippen LogP contribution in [0, 0.1) is 11.2 Å². The molecule has 2 bridgehead atoms. The number of benzene rings is 2. The molecule has 6 nitrogen and oxygen atoms in total. The number of ketones is 1. The van der Waals surface area contributed by atoms with Crippen LogP contribution in [0.3, 0.4) is 0 Å². The van der Waals surface area contributed by atoms with Crippen LogP contribution in [-0.2, 0) is 9.59 Å². The number of carbonyl (C=O) groups excluding carboxylic acids is 2. The fourth-order valence-electron chi connectivity index (χ4n) is 5.76. The van der Waals surface area contributed by atoms with Crippen LogP contribution in [0.1, 0.15) is 43.7 Å². The number of hydrogen-bond donors (Lipinski definition) is 2. The van der Waals surface area contributed by atoms with E-state index in [1.807, 2.05) is 19.2 Å². The van der Waals surface area contributed by atoms with Crippen LogP contribution in [0.25, 0.3) is 0 Å². The molecule has 2 aromatic rings. The molecule has 2 unspecified atom stereocenters. The zero-order valence-electron chi connectivity index (χ0n) is 18.6. The lowest BCUT2D eigenvalue weighted by atomic mass is 9.38. The highest BCUT2D eigenvalue weighted by Gasteiger charge is 2.68. The molecule has 0 radical (unpaired) electrons. The van der Waals surface area contributed by atoms with E-state index in [0.29, 0.717) is 23.6 Å². The average molecular weight is 507 g/mol. The number of carbonyl (C=O) groups is 2. The SMILES string of the molecule is CNC1CC(C(=O)CC23CC(NC(=O)COc4ccc(Cl)c(F)c4)(C2)C3)Oc2ccc(Cl)cc21. The first-order valence-electron chi connectivity index (χ1n) is 11.2. The third-order valence-electron chi connectivity index (χ3n) is 7.13. The van der Waals surface area contributed by atoms with Crippen molar-refractivity contribution >= 4 is 34.9 Å². The fraction of sp³-hybridized carbons (Fsp3) is 0.440. The first-order valence-corrected chi connectivity index (χ1v) is 12.0. The standard InChI is InChI=1S/C25H25Cl2FN2O4/c1-29-19-8-22(34-21-5-2-14(26)6-16(19)21)20(31)9-24-11-25(12-24,13-24)30-23(32)10-33-15-3-4-17(27)18(28)7-15/h2-7,19,22,29H,8-13H2,1H3,(H,30,32). The first kappa shape index (κ1) is 23.4. The predicted octanol–water partition coefficient (Wildman–Crippen LogP) is 4.62. The molecule has 0 saturated heterocycles. The van der Waals surface area contributed by atoms with Gasteiger partial charge in [-0.3, -0.25) is 9.59 Å². The monoisotopic (exact) mass is 506 g/mol. The van der Waals surface area contributed by atoms with Crippen molar-refractivity contribution in [3.63, 3.8) is 0 Å². The molecule has 4 aliphatic rings. The summed E-state index contributed by atoms with van der Waals surface area (Å²) in [6, 6.07) is 9.50. The summed E-state index contributed by atoms with van der Waals surface area (Å²) in [6.45, 7) is -0.209. The largest absolute Gasteiger partial charge is 0.484 e. The Hall–Kier alpha value is -2.35. The maximum absolute atomic E-state index is 13.5. The van der Waals surface area contributed by atoms with Gasteiger partial charge in [-0.25, -0.2) is 4.39 Å². The van der Waals surface area contributed by atoms with Crippen molar-refractivity contribution in [2.24, 2.45) is 5.41 Å². The van der Waals surface area contributed by atoms with Gasteiger partial charge in [-0.1, -0.05) is 23.2 Å². The van der Waals surface area contributed by atoms with Gasteiger partial charge < -0.3 is 20.1 Å². The Balaban J connectivity index is 1.11. The maximum Gasteiger partial charge on any atom is 0.258 e. The van der Waals surface area contributed by atoms with Crippen molar-refractivity contribution in [1.29, 1.82) is 0 Å². The molecule has 2 atom stereocenters. The highest BCUT2D eigenvalue weighted by atomic mass is 35.5. The second kappa shape index (κ2) is 8.70. The minimum Gasteiger partial charge on any atom is -0.484 e. The number of hydrogen-bond acceptors (Lipinski definition) is 5. The van der Waals surface area contributed by atoms with E-state index in [4.69, 9.17) is 32.7 Å². The van der Waals surface area contributed by atoms with Gasteiger partial charge in [0.15, 0.2) is 18.5 Å². The van der Waals surface area contributed by atoms with Crippen LogP contribution < -0.4 is 20.1 Å². The van der Waals surface area contributed by atoms with Gasteiger partial charge in [0, 0.05) is 41.1 Å². The second-order valence-corrected chi connectivity index (χ2v) is 10.6. The third kappa shape index (κ3) is 4.37. The number of Topliss-reactive ketones (excluding diaryl/α,β-unsaturated/α-hetero) is 1. The van der Waals surface area contributed by atoms with Gasteiger partial charge in [0.05, 0.1) is 5.02 Å². The number of fused-ring (bicyclic) bond motifs is 1. The van der Waals surface area contributed by atoms with Crippen molar-refractivity contribution in [3.05, 3.63) is 57.8 Å². The van der Waals surface area contributed by atoms with Crippen LogP contribution in [0.4, 0.5) is 4.39 Å².